The highest BCUT2D eigenvalue weighted by Gasteiger charge is 2.34. The van der Waals surface area contributed by atoms with Crippen molar-refractivity contribution in [2.75, 3.05) is 5.32 Å². The van der Waals surface area contributed by atoms with Crippen LogP contribution in [0.3, 0.4) is 0 Å². The molecule has 106 valence electrons. The van der Waals surface area contributed by atoms with Crippen molar-refractivity contribution in [3.63, 3.8) is 0 Å². The second-order valence-corrected chi connectivity index (χ2v) is 7.49. The number of halogens is 2. The molecule has 2 rings (SSSR count). The quantitative estimate of drug-likeness (QED) is 0.744. The molecule has 0 radical (unpaired) electrons. The zero-order valence-corrected chi connectivity index (χ0v) is 13.6. The molecule has 1 nitrogen and oxygen atoms in total. The lowest BCUT2D eigenvalue weighted by molar-refractivity contribution is 0.163. The standard InChI is InChI=1S/C16H23BrFN/c1-16(2,3)12-6-4-5-7-14(12)19-15-10-11(18)8-9-13(15)17/h8-10,12,14,19H,4-7H2,1-3H3. The summed E-state index contributed by atoms with van der Waals surface area (Å²) in [5.41, 5.74) is 1.17. The Morgan fingerprint density at radius 3 is 2.58 bits per heavy atom. The van der Waals surface area contributed by atoms with E-state index < -0.39 is 0 Å². The molecule has 2 unspecified atom stereocenters. The molecule has 1 aliphatic carbocycles. The summed E-state index contributed by atoms with van der Waals surface area (Å²) < 4.78 is 14.3. The maximum Gasteiger partial charge on any atom is 0.125 e. The molecule has 1 N–H and O–H groups in total. The van der Waals surface area contributed by atoms with E-state index >= 15 is 0 Å². The molecule has 1 fully saturated rings. The van der Waals surface area contributed by atoms with Crippen LogP contribution in [0.2, 0.25) is 0 Å². The van der Waals surface area contributed by atoms with Gasteiger partial charge in [-0.25, -0.2) is 4.39 Å². The highest BCUT2D eigenvalue weighted by atomic mass is 79.9. The number of nitrogens with one attached hydrogen (secondary N) is 1. The lowest BCUT2D eigenvalue weighted by atomic mass is 9.69. The van der Waals surface area contributed by atoms with Crippen molar-refractivity contribution in [1.29, 1.82) is 0 Å². The number of anilines is 1. The normalized spacial score (nSPS) is 24.3. The van der Waals surface area contributed by atoms with E-state index in [9.17, 15) is 4.39 Å². The summed E-state index contributed by atoms with van der Waals surface area (Å²) in [6.07, 6.45) is 5.00. The number of benzene rings is 1. The molecule has 19 heavy (non-hydrogen) atoms. The van der Waals surface area contributed by atoms with Gasteiger partial charge >= 0.3 is 0 Å². The van der Waals surface area contributed by atoms with Crippen molar-refractivity contribution in [1.82, 2.24) is 0 Å². The zero-order valence-electron chi connectivity index (χ0n) is 12.0. The topological polar surface area (TPSA) is 12.0 Å². The van der Waals surface area contributed by atoms with Crippen LogP contribution in [0.25, 0.3) is 0 Å². The number of hydrogen-bond donors (Lipinski definition) is 1. The fourth-order valence-corrected chi connectivity index (χ4v) is 3.51. The maximum absolute atomic E-state index is 13.4. The second-order valence-electron chi connectivity index (χ2n) is 6.63. The van der Waals surface area contributed by atoms with Crippen LogP contribution in [-0.4, -0.2) is 6.04 Å². The van der Waals surface area contributed by atoms with E-state index in [1.54, 1.807) is 12.1 Å². The van der Waals surface area contributed by atoms with Crippen LogP contribution < -0.4 is 5.32 Å². The summed E-state index contributed by atoms with van der Waals surface area (Å²) in [4.78, 5) is 0. The van der Waals surface area contributed by atoms with Gasteiger partial charge in [-0.2, -0.15) is 0 Å². The Kier molecular flexibility index (Phi) is 4.54. The molecule has 0 bridgehead atoms. The lowest BCUT2D eigenvalue weighted by Gasteiger charge is -2.41. The Bertz CT molecular complexity index is 439. The van der Waals surface area contributed by atoms with Gasteiger partial charge in [0.15, 0.2) is 0 Å². The van der Waals surface area contributed by atoms with E-state index in [-0.39, 0.29) is 11.2 Å². The Hall–Kier alpha value is -0.570. The average Bonchev–Trinajstić information content (AvgIpc) is 2.33. The van der Waals surface area contributed by atoms with Crippen molar-refractivity contribution >= 4 is 21.6 Å². The molecule has 0 saturated heterocycles. The van der Waals surface area contributed by atoms with Crippen molar-refractivity contribution in [3.05, 3.63) is 28.5 Å². The molecule has 3 heteroatoms. The number of rotatable bonds is 2. The monoisotopic (exact) mass is 327 g/mol. The van der Waals surface area contributed by atoms with E-state index in [4.69, 9.17) is 0 Å². The molecule has 1 aromatic rings. The van der Waals surface area contributed by atoms with Crippen molar-refractivity contribution in [3.8, 4) is 0 Å². The van der Waals surface area contributed by atoms with Crippen LogP contribution in [0.15, 0.2) is 22.7 Å². The van der Waals surface area contributed by atoms with Gasteiger partial charge in [-0.05, 0) is 58.3 Å². The van der Waals surface area contributed by atoms with Gasteiger partial charge in [0.2, 0.25) is 0 Å². The Balaban J connectivity index is 2.17. The minimum absolute atomic E-state index is 0.186. The highest BCUT2D eigenvalue weighted by Crippen LogP contribution is 2.40. The van der Waals surface area contributed by atoms with Crippen LogP contribution in [0.5, 0.6) is 0 Å². The Morgan fingerprint density at radius 1 is 1.21 bits per heavy atom. The average molecular weight is 328 g/mol. The summed E-state index contributed by atoms with van der Waals surface area (Å²) in [6.45, 7) is 6.91. The molecule has 1 saturated carbocycles. The SMILES string of the molecule is CC(C)(C)C1CCCCC1Nc1cc(F)ccc1Br. The van der Waals surface area contributed by atoms with E-state index in [0.29, 0.717) is 12.0 Å². The zero-order chi connectivity index (χ0) is 14.0. The van der Waals surface area contributed by atoms with Gasteiger partial charge in [0.1, 0.15) is 5.82 Å². The van der Waals surface area contributed by atoms with Gasteiger partial charge < -0.3 is 5.32 Å². The third kappa shape index (κ3) is 3.71. The molecule has 0 amide bonds. The van der Waals surface area contributed by atoms with E-state index in [0.717, 1.165) is 10.2 Å². The summed E-state index contributed by atoms with van der Waals surface area (Å²) in [5.74, 6) is 0.449. The van der Waals surface area contributed by atoms with Crippen molar-refractivity contribution in [2.24, 2.45) is 11.3 Å². The Labute approximate surface area is 124 Å². The lowest BCUT2D eigenvalue weighted by Crippen LogP contribution is -2.39. The molecule has 0 aromatic heterocycles. The van der Waals surface area contributed by atoms with Gasteiger partial charge in [0, 0.05) is 10.5 Å². The van der Waals surface area contributed by atoms with Crippen LogP contribution in [0, 0.1) is 17.2 Å². The predicted octanol–water partition coefficient (Wildman–Crippen LogP) is 5.61. The highest BCUT2D eigenvalue weighted by molar-refractivity contribution is 9.10. The molecule has 1 aliphatic rings. The van der Waals surface area contributed by atoms with E-state index in [1.165, 1.54) is 31.7 Å². The van der Waals surface area contributed by atoms with Crippen LogP contribution >= 0.6 is 15.9 Å². The molecule has 1 aromatic carbocycles. The Morgan fingerprint density at radius 2 is 1.89 bits per heavy atom. The minimum atomic E-state index is -0.186. The maximum atomic E-state index is 13.4. The summed E-state index contributed by atoms with van der Waals surface area (Å²) >= 11 is 3.50. The van der Waals surface area contributed by atoms with Crippen molar-refractivity contribution in [2.45, 2.75) is 52.5 Å². The molecule has 0 spiro atoms. The first-order valence-electron chi connectivity index (χ1n) is 7.09. The summed E-state index contributed by atoms with van der Waals surface area (Å²) in [7, 11) is 0. The molecular formula is C16H23BrFN. The third-order valence-corrected chi connectivity index (χ3v) is 4.84. The fourth-order valence-electron chi connectivity index (χ4n) is 3.15. The van der Waals surface area contributed by atoms with Gasteiger partial charge in [0.25, 0.3) is 0 Å². The van der Waals surface area contributed by atoms with Crippen LogP contribution in [0.1, 0.15) is 46.5 Å². The predicted molar refractivity (Wildman–Crippen MR) is 82.9 cm³/mol. The smallest absolute Gasteiger partial charge is 0.125 e. The molecule has 0 aliphatic heterocycles. The van der Waals surface area contributed by atoms with Gasteiger partial charge in [0.05, 0.1) is 5.69 Å². The van der Waals surface area contributed by atoms with Gasteiger partial charge in [-0.15, -0.1) is 0 Å². The summed E-state index contributed by atoms with van der Waals surface area (Å²) in [5, 5.41) is 3.56. The van der Waals surface area contributed by atoms with Gasteiger partial charge in [-0.3, -0.25) is 0 Å². The second kappa shape index (κ2) is 5.82. The van der Waals surface area contributed by atoms with Crippen LogP contribution in [-0.2, 0) is 0 Å². The molecule has 2 atom stereocenters. The molecule has 0 heterocycles. The number of hydrogen-bond acceptors (Lipinski definition) is 1. The van der Waals surface area contributed by atoms with Gasteiger partial charge in [-0.1, -0.05) is 33.6 Å². The molecular weight excluding hydrogens is 305 g/mol. The van der Waals surface area contributed by atoms with E-state index in [2.05, 4.69) is 42.0 Å². The van der Waals surface area contributed by atoms with Crippen molar-refractivity contribution < 1.29 is 4.39 Å². The summed E-state index contributed by atoms with van der Waals surface area (Å²) in [6, 6.07) is 5.27. The largest absolute Gasteiger partial charge is 0.381 e. The first kappa shape index (κ1) is 14.8. The van der Waals surface area contributed by atoms with Crippen LogP contribution in [0.4, 0.5) is 10.1 Å². The first-order valence-corrected chi connectivity index (χ1v) is 7.89. The fraction of sp³-hybridized carbons (Fsp3) is 0.625. The third-order valence-electron chi connectivity index (χ3n) is 4.15. The minimum Gasteiger partial charge on any atom is -0.381 e. The van der Waals surface area contributed by atoms with E-state index in [1.807, 2.05) is 0 Å². The first-order chi connectivity index (χ1) is 8.88.